The molecule has 1 aromatic heterocycles. The van der Waals surface area contributed by atoms with Gasteiger partial charge in [0, 0.05) is 6.54 Å². The van der Waals surface area contributed by atoms with Crippen molar-refractivity contribution in [1.29, 1.82) is 0 Å². The number of carbonyl (C=O) groups excluding carboxylic acids is 1. The summed E-state index contributed by atoms with van der Waals surface area (Å²) in [5.74, 6) is -1.14. The van der Waals surface area contributed by atoms with Crippen LogP contribution in [-0.2, 0) is 10.0 Å². The van der Waals surface area contributed by atoms with E-state index >= 15 is 0 Å². The fourth-order valence-electron chi connectivity index (χ4n) is 3.59. The quantitative estimate of drug-likeness (QED) is 0.620. The highest BCUT2D eigenvalue weighted by molar-refractivity contribution is 7.89. The molecular formula is C21H21FN4O3S2. The van der Waals surface area contributed by atoms with Crippen molar-refractivity contribution in [1.82, 2.24) is 14.5 Å². The third-order valence-electron chi connectivity index (χ3n) is 5.18. The van der Waals surface area contributed by atoms with Gasteiger partial charge in [-0.3, -0.25) is 4.79 Å². The maximum atomic E-state index is 13.8. The van der Waals surface area contributed by atoms with Crippen molar-refractivity contribution in [3.8, 4) is 0 Å². The largest absolute Gasteiger partial charge is 0.317 e. The van der Waals surface area contributed by atoms with Gasteiger partial charge in [0.1, 0.15) is 10.8 Å². The molecule has 3 aromatic rings. The highest BCUT2D eigenvalue weighted by Gasteiger charge is 2.39. The Balaban J connectivity index is 1.59. The Morgan fingerprint density at radius 1 is 1.19 bits per heavy atom. The third-order valence-corrected chi connectivity index (χ3v) is 8.25. The zero-order valence-corrected chi connectivity index (χ0v) is 18.6. The van der Waals surface area contributed by atoms with Crippen molar-refractivity contribution in [2.45, 2.75) is 37.6 Å². The molecule has 162 valence electrons. The molecule has 1 aliphatic heterocycles. The van der Waals surface area contributed by atoms with Crippen LogP contribution in [0.3, 0.4) is 0 Å². The van der Waals surface area contributed by atoms with E-state index in [0.29, 0.717) is 30.0 Å². The lowest BCUT2D eigenvalue weighted by atomic mass is 10.2. The Bertz CT molecular complexity index is 1240. The van der Waals surface area contributed by atoms with Crippen molar-refractivity contribution in [2.75, 3.05) is 11.9 Å². The van der Waals surface area contributed by atoms with E-state index < -0.39 is 27.8 Å². The summed E-state index contributed by atoms with van der Waals surface area (Å²) in [4.78, 5) is 12.8. The van der Waals surface area contributed by atoms with Crippen LogP contribution in [0.2, 0.25) is 0 Å². The number of sulfonamides is 1. The third kappa shape index (κ3) is 4.23. The first-order chi connectivity index (χ1) is 14.8. The number of carbonyl (C=O) groups is 1. The maximum Gasteiger partial charge on any atom is 0.286 e. The molecule has 2 aromatic carbocycles. The van der Waals surface area contributed by atoms with Crippen LogP contribution in [-0.4, -0.2) is 35.4 Å². The predicted octanol–water partition coefficient (Wildman–Crippen LogP) is 4.07. The molecule has 0 bridgehead atoms. The van der Waals surface area contributed by atoms with Gasteiger partial charge in [-0.05, 0) is 56.0 Å². The van der Waals surface area contributed by atoms with E-state index in [4.69, 9.17) is 0 Å². The summed E-state index contributed by atoms with van der Waals surface area (Å²) in [5, 5.41) is 11.0. The number of benzene rings is 2. The first-order valence-corrected chi connectivity index (χ1v) is 12.0. The molecule has 1 saturated heterocycles. The lowest BCUT2D eigenvalue weighted by Gasteiger charge is -2.23. The summed E-state index contributed by atoms with van der Waals surface area (Å²) < 4.78 is 42.0. The van der Waals surface area contributed by atoms with E-state index in [1.165, 1.54) is 22.5 Å². The Labute approximate surface area is 184 Å². The van der Waals surface area contributed by atoms with Crippen molar-refractivity contribution >= 4 is 33.0 Å². The normalized spacial score (nSPS) is 17.1. The molecule has 7 nitrogen and oxygen atoms in total. The van der Waals surface area contributed by atoms with Gasteiger partial charge in [0.2, 0.25) is 15.0 Å². The predicted molar refractivity (Wildman–Crippen MR) is 116 cm³/mol. The van der Waals surface area contributed by atoms with Crippen LogP contribution in [0.15, 0.2) is 47.4 Å². The number of amides is 1. The average Bonchev–Trinajstić information content (AvgIpc) is 3.41. The van der Waals surface area contributed by atoms with E-state index in [1.54, 1.807) is 25.1 Å². The molecule has 1 amide bonds. The highest BCUT2D eigenvalue weighted by atomic mass is 32.2. The van der Waals surface area contributed by atoms with Gasteiger partial charge in [0.15, 0.2) is 0 Å². The minimum absolute atomic E-state index is 0.0456. The average molecular weight is 461 g/mol. The minimum Gasteiger partial charge on any atom is -0.317 e. The van der Waals surface area contributed by atoms with Gasteiger partial charge in [0.25, 0.3) is 5.91 Å². The first-order valence-electron chi connectivity index (χ1n) is 9.76. The summed E-state index contributed by atoms with van der Waals surface area (Å²) in [6.07, 6.45) is 1.28. The number of aryl methyl sites for hydroxylation is 2. The molecule has 1 aliphatic rings. The lowest BCUT2D eigenvalue weighted by Crippen LogP contribution is -2.31. The van der Waals surface area contributed by atoms with Crippen LogP contribution in [0.5, 0.6) is 0 Å². The van der Waals surface area contributed by atoms with E-state index in [2.05, 4.69) is 15.5 Å². The van der Waals surface area contributed by atoms with Crippen LogP contribution in [0, 0.1) is 19.7 Å². The standard InChI is InChI=1S/C21H21FN4O3S2/c1-13-9-10-14(2)18(12-13)31(28,29)26-11-5-8-17(26)20-24-25-21(30-20)19(27)23-16-7-4-3-6-15(16)22/h3-4,6-7,9-10,12,17H,5,8,11H2,1-2H3,(H,23,27). The second kappa shape index (κ2) is 8.45. The monoisotopic (exact) mass is 460 g/mol. The first kappa shape index (κ1) is 21.5. The van der Waals surface area contributed by atoms with Crippen LogP contribution in [0.25, 0.3) is 0 Å². The van der Waals surface area contributed by atoms with E-state index in [9.17, 15) is 17.6 Å². The number of halogens is 1. The molecular weight excluding hydrogens is 439 g/mol. The minimum atomic E-state index is -3.73. The van der Waals surface area contributed by atoms with Gasteiger partial charge in [-0.2, -0.15) is 4.31 Å². The van der Waals surface area contributed by atoms with E-state index in [1.807, 2.05) is 13.0 Å². The van der Waals surface area contributed by atoms with Gasteiger partial charge in [0.05, 0.1) is 16.6 Å². The van der Waals surface area contributed by atoms with E-state index in [-0.39, 0.29) is 15.6 Å². The number of nitrogens with zero attached hydrogens (tertiary/aromatic N) is 3. The lowest BCUT2D eigenvalue weighted by molar-refractivity contribution is 0.102. The summed E-state index contributed by atoms with van der Waals surface area (Å²) in [7, 11) is -3.73. The van der Waals surface area contributed by atoms with Crippen LogP contribution in [0.4, 0.5) is 10.1 Å². The van der Waals surface area contributed by atoms with Gasteiger partial charge in [-0.25, -0.2) is 12.8 Å². The van der Waals surface area contributed by atoms with Crippen LogP contribution >= 0.6 is 11.3 Å². The molecule has 1 unspecified atom stereocenters. The summed E-state index contributed by atoms with van der Waals surface area (Å²) in [5.41, 5.74) is 1.59. The van der Waals surface area contributed by atoms with Gasteiger partial charge in [-0.1, -0.05) is 35.6 Å². The molecule has 1 fully saturated rings. The second-order valence-electron chi connectivity index (χ2n) is 7.42. The van der Waals surface area contributed by atoms with Gasteiger partial charge >= 0.3 is 0 Å². The second-order valence-corrected chi connectivity index (χ2v) is 10.3. The molecule has 31 heavy (non-hydrogen) atoms. The topological polar surface area (TPSA) is 92.3 Å². The summed E-state index contributed by atoms with van der Waals surface area (Å²) in [6, 6.07) is 10.7. The molecule has 0 aliphatic carbocycles. The smallest absolute Gasteiger partial charge is 0.286 e. The van der Waals surface area contributed by atoms with Crippen molar-refractivity contribution in [3.63, 3.8) is 0 Å². The molecule has 0 radical (unpaired) electrons. The highest BCUT2D eigenvalue weighted by Crippen LogP contribution is 2.38. The fourth-order valence-corrected chi connectivity index (χ4v) is 6.51. The molecule has 4 rings (SSSR count). The molecule has 10 heteroatoms. The number of aromatic nitrogens is 2. The molecule has 1 N–H and O–H groups in total. The molecule has 0 spiro atoms. The van der Waals surface area contributed by atoms with E-state index in [0.717, 1.165) is 16.9 Å². The van der Waals surface area contributed by atoms with Crippen molar-refractivity contribution in [2.24, 2.45) is 0 Å². The van der Waals surface area contributed by atoms with Crippen molar-refractivity contribution in [3.05, 3.63) is 69.4 Å². The molecule has 2 heterocycles. The Hall–Kier alpha value is -2.69. The Morgan fingerprint density at radius 3 is 2.74 bits per heavy atom. The fraction of sp³-hybridized carbons (Fsp3) is 0.286. The zero-order chi connectivity index (χ0) is 22.2. The van der Waals surface area contributed by atoms with Crippen LogP contribution in [0.1, 0.15) is 44.8 Å². The summed E-state index contributed by atoms with van der Waals surface area (Å²) in [6.45, 7) is 4.00. The summed E-state index contributed by atoms with van der Waals surface area (Å²) >= 11 is 1.02. The van der Waals surface area contributed by atoms with Gasteiger partial charge < -0.3 is 5.32 Å². The Morgan fingerprint density at radius 2 is 1.97 bits per heavy atom. The van der Waals surface area contributed by atoms with Gasteiger partial charge in [-0.15, -0.1) is 10.2 Å². The Kier molecular flexibility index (Phi) is 5.87. The number of rotatable bonds is 5. The number of hydrogen-bond donors (Lipinski definition) is 1. The number of anilines is 1. The number of nitrogens with one attached hydrogen (secondary N) is 1. The maximum absolute atomic E-state index is 13.8. The van der Waals surface area contributed by atoms with Crippen molar-refractivity contribution < 1.29 is 17.6 Å². The number of hydrogen-bond acceptors (Lipinski definition) is 6. The number of para-hydroxylation sites is 1. The molecule has 1 atom stereocenters. The molecule has 0 saturated carbocycles. The SMILES string of the molecule is Cc1ccc(C)c(S(=O)(=O)N2CCCC2c2nnc(C(=O)Nc3ccccc3F)s2)c1. The van der Waals surface area contributed by atoms with Crippen LogP contribution < -0.4 is 5.32 Å². The zero-order valence-electron chi connectivity index (χ0n) is 17.0.